The Morgan fingerprint density at radius 1 is 1.23 bits per heavy atom. The van der Waals surface area contributed by atoms with Crippen molar-refractivity contribution in [3.8, 4) is 11.1 Å². The number of benzene rings is 1. The lowest BCUT2D eigenvalue weighted by molar-refractivity contribution is -0.0408. The van der Waals surface area contributed by atoms with Gasteiger partial charge in [-0.15, -0.1) is 0 Å². The van der Waals surface area contributed by atoms with Gasteiger partial charge in [-0.3, -0.25) is 4.79 Å². The zero-order valence-electron chi connectivity index (χ0n) is 17.5. The van der Waals surface area contributed by atoms with Gasteiger partial charge >= 0.3 is 6.03 Å². The molecule has 0 saturated carbocycles. The summed E-state index contributed by atoms with van der Waals surface area (Å²) in [5, 5.41) is 3.41. The van der Waals surface area contributed by atoms with Gasteiger partial charge in [0.15, 0.2) is 0 Å². The minimum atomic E-state index is -0.663. The summed E-state index contributed by atoms with van der Waals surface area (Å²) < 4.78 is 21.3. The molecule has 0 radical (unpaired) electrons. The predicted octanol–water partition coefficient (Wildman–Crippen LogP) is 3.53. The van der Waals surface area contributed by atoms with Crippen molar-refractivity contribution in [1.29, 1.82) is 0 Å². The number of primary amides is 1. The number of fused-ring (bicyclic) bond motifs is 1. The van der Waals surface area contributed by atoms with Crippen molar-refractivity contribution in [2.75, 3.05) is 6.54 Å². The number of urea groups is 1. The van der Waals surface area contributed by atoms with E-state index in [0.717, 1.165) is 12.8 Å². The number of amides is 3. The Kier molecular flexibility index (Phi) is 5.94. The SMILES string of the molecule is CC1CC(NC(=O)N2CCn3c(Cl)c(-c4cccc(F)c4)c(C(N)=O)c3C2)CC(C)O1. The van der Waals surface area contributed by atoms with Crippen LogP contribution in [0.1, 0.15) is 42.7 Å². The number of nitrogens with one attached hydrogen (secondary N) is 1. The first-order valence-electron chi connectivity index (χ1n) is 10.4. The first-order valence-corrected chi connectivity index (χ1v) is 10.8. The van der Waals surface area contributed by atoms with Crippen LogP contribution in [-0.2, 0) is 17.8 Å². The minimum Gasteiger partial charge on any atom is -0.375 e. The zero-order valence-corrected chi connectivity index (χ0v) is 18.3. The number of nitrogens with two attached hydrogens (primary N) is 1. The Bertz CT molecular complexity index is 1010. The van der Waals surface area contributed by atoms with E-state index in [4.69, 9.17) is 22.1 Å². The largest absolute Gasteiger partial charge is 0.375 e. The van der Waals surface area contributed by atoms with E-state index in [1.807, 2.05) is 13.8 Å². The summed E-state index contributed by atoms with van der Waals surface area (Å²) in [7, 11) is 0. The highest BCUT2D eigenvalue weighted by Gasteiger charge is 2.33. The number of hydrogen-bond acceptors (Lipinski definition) is 3. The molecule has 2 unspecified atom stereocenters. The van der Waals surface area contributed by atoms with E-state index in [0.29, 0.717) is 35.1 Å². The van der Waals surface area contributed by atoms with Crippen LogP contribution in [-0.4, -0.2) is 46.2 Å². The zero-order chi connectivity index (χ0) is 22.3. The third kappa shape index (κ3) is 4.27. The Hall–Kier alpha value is -2.58. The smallest absolute Gasteiger partial charge is 0.318 e. The van der Waals surface area contributed by atoms with Crippen LogP contribution in [0.2, 0.25) is 5.15 Å². The van der Waals surface area contributed by atoms with Crippen LogP contribution in [0.5, 0.6) is 0 Å². The number of hydrogen-bond donors (Lipinski definition) is 2. The summed E-state index contributed by atoms with van der Waals surface area (Å²) in [5.41, 5.74) is 7.35. The van der Waals surface area contributed by atoms with E-state index in [-0.39, 0.29) is 36.4 Å². The summed E-state index contributed by atoms with van der Waals surface area (Å²) in [5.74, 6) is -1.10. The highest BCUT2D eigenvalue weighted by molar-refractivity contribution is 6.33. The predicted molar refractivity (Wildman–Crippen MR) is 115 cm³/mol. The fourth-order valence-electron chi connectivity index (χ4n) is 4.65. The Balaban J connectivity index is 1.61. The molecule has 0 aliphatic carbocycles. The molecule has 4 rings (SSSR count). The van der Waals surface area contributed by atoms with Gasteiger partial charge in [0.1, 0.15) is 11.0 Å². The average molecular weight is 449 g/mol. The maximum Gasteiger partial charge on any atom is 0.318 e. The lowest BCUT2D eigenvalue weighted by Crippen LogP contribution is -2.50. The van der Waals surface area contributed by atoms with Crippen molar-refractivity contribution in [2.24, 2.45) is 5.73 Å². The summed E-state index contributed by atoms with van der Waals surface area (Å²) in [6.45, 7) is 5.03. The van der Waals surface area contributed by atoms with Crippen LogP contribution in [0, 0.1) is 5.82 Å². The van der Waals surface area contributed by atoms with Gasteiger partial charge in [-0.25, -0.2) is 9.18 Å². The number of nitrogens with zero attached hydrogens (tertiary/aromatic N) is 2. The van der Waals surface area contributed by atoms with Gasteiger partial charge in [-0.2, -0.15) is 0 Å². The lowest BCUT2D eigenvalue weighted by atomic mass is 10.00. The first kappa shape index (κ1) is 21.6. The second kappa shape index (κ2) is 8.51. The van der Waals surface area contributed by atoms with Crippen molar-refractivity contribution in [3.05, 3.63) is 46.5 Å². The first-order chi connectivity index (χ1) is 14.7. The highest BCUT2D eigenvalue weighted by Crippen LogP contribution is 2.38. The molecule has 2 aliphatic heterocycles. The van der Waals surface area contributed by atoms with Crippen LogP contribution in [0.25, 0.3) is 11.1 Å². The number of aromatic nitrogens is 1. The Morgan fingerprint density at radius 2 is 1.94 bits per heavy atom. The molecule has 2 aromatic rings. The van der Waals surface area contributed by atoms with Crippen molar-refractivity contribution in [2.45, 2.75) is 58.0 Å². The molecule has 1 fully saturated rings. The van der Waals surface area contributed by atoms with Crippen molar-refractivity contribution in [1.82, 2.24) is 14.8 Å². The van der Waals surface area contributed by atoms with Gasteiger partial charge in [0.2, 0.25) is 0 Å². The molecule has 1 aromatic carbocycles. The summed E-state index contributed by atoms with van der Waals surface area (Å²) in [6, 6.07) is 5.71. The molecule has 1 aromatic heterocycles. The number of carbonyl (C=O) groups excluding carboxylic acids is 2. The molecular formula is C22H26ClFN4O3. The van der Waals surface area contributed by atoms with E-state index >= 15 is 0 Å². The standard InChI is InChI=1S/C22H26ClFN4O3/c1-12-8-16(9-13(2)31-12)26-22(30)27-6-7-28-17(11-27)19(21(25)29)18(20(28)23)14-4-3-5-15(24)10-14/h3-5,10,12-13,16H,6-9,11H2,1-2H3,(H2,25,29)(H,26,30). The van der Waals surface area contributed by atoms with Gasteiger partial charge in [-0.05, 0) is 44.4 Å². The van der Waals surface area contributed by atoms with Crippen molar-refractivity contribution < 1.29 is 18.7 Å². The van der Waals surface area contributed by atoms with E-state index in [1.54, 1.807) is 21.6 Å². The second-order valence-electron chi connectivity index (χ2n) is 8.31. The molecule has 1 saturated heterocycles. The molecule has 7 nitrogen and oxygen atoms in total. The highest BCUT2D eigenvalue weighted by atomic mass is 35.5. The molecule has 3 heterocycles. The maximum atomic E-state index is 13.8. The fourth-order valence-corrected chi connectivity index (χ4v) is 5.04. The number of carbonyl (C=O) groups is 2. The third-order valence-electron chi connectivity index (χ3n) is 5.91. The molecule has 0 spiro atoms. The molecular weight excluding hydrogens is 423 g/mol. The quantitative estimate of drug-likeness (QED) is 0.752. The number of rotatable bonds is 3. The molecule has 0 bridgehead atoms. The summed E-state index contributed by atoms with van der Waals surface area (Å²) >= 11 is 6.59. The summed E-state index contributed by atoms with van der Waals surface area (Å²) in [6.07, 6.45) is 1.67. The van der Waals surface area contributed by atoms with E-state index in [2.05, 4.69) is 5.32 Å². The normalized spacial score (nSPS) is 23.4. The molecule has 9 heteroatoms. The minimum absolute atomic E-state index is 0.0296. The van der Waals surface area contributed by atoms with Crippen LogP contribution >= 0.6 is 11.6 Å². The van der Waals surface area contributed by atoms with Gasteiger partial charge in [0.05, 0.1) is 30.0 Å². The van der Waals surface area contributed by atoms with Crippen LogP contribution < -0.4 is 11.1 Å². The third-order valence-corrected chi connectivity index (χ3v) is 6.31. The Morgan fingerprint density at radius 3 is 2.58 bits per heavy atom. The van der Waals surface area contributed by atoms with Gasteiger partial charge in [0, 0.05) is 24.7 Å². The fraction of sp³-hybridized carbons (Fsp3) is 0.455. The van der Waals surface area contributed by atoms with E-state index < -0.39 is 11.7 Å². The van der Waals surface area contributed by atoms with Gasteiger partial charge < -0.3 is 25.3 Å². The van der Waals surface area contributed by atoms with Gasteiger partial charge in [-0.1, -0.05) is 23.7 Å². The van der Waals surface area contributed by atoms with E-state index in [1.165, 1.54) is 12.1 Å². The van der Waals surface area contributed by atoms with Crippen LogP contribution in [0.4, 0.5) is 9.18 Å². The topological polar surface area (TPSA) is 89.6 Å². The van der Waals surface area contributed by atoms with Gasteiger partial charge in [0.25, 0.3) is 5.91 Å². The molecule has 2 atom stereocenters. The number of ether oxygens (including phenoxy) is 1. The molecule has 3 amide bonds. The lowest BCUT2D eigenvalue weighted by Gasteiger charge is -2.35. The average Bonchev–Trinajstić information content (AvgIpc) is 2.99. The number of halogens is 2. The van der Waals surface area contributed by atoms with Crippen LogP contribution in [0.3, 0.4) is 0 Å². The maximum absolute atomic E-state index is 13.8. The second-order valence-corrected chi connectivity index (χ2v) is 8.67. The molecule has 3 N–H and O–H groups in total. The molecule has 2 aliphatic rings. The van der Waals surface area contributed by atoms with E-state index in [9.17, 15) is 14.0 Å². The monoisotopic (exact) mass is 448 g/mol. The molecule has 31 heavy (non-hydrogen) atoms. The summed E-state index contributed by atoms with van der Waals surface area (Å²) in [4.78, 5) is 26.9. The molecule has 166 valence electrons. The van der Waals surface area contributed by atoms with Crippen LogP contribution in [0.15, 0.2) is 24.3 Å². The Labute approximate surface area is 185 Å². The van der Waals surface area contributed by atoms with Crippen molar-refractivity contribution >= 4 is 23.5 Å². The van der Waals surface area contributed by atoms with Crippen molar-refractivity contribution in [3.63, 3.8) is 0 Å².